The third kappa shape index (κ3) is 4.22. The van der Waals surface area contributed by atoms with Gasteiger partial charge in [0.2, 0.25) is 0 Å². The standard InChI is InChI=1S/C14H13Br2ClN2OS/c1-19(2)14(20)10-4-3-8(17)5-12(10)18-7-9-6-11(15)13(16)21-9/h3-6,18H,7H2,1-2H3. The normalized spacial score (nSPS) is 10.5. The number of carbonyl (C=O) groups is 1. The Hall–Kier alpha value is -0.560. The first kappa shape index (κ1) is 16.8. The van der Waals surface area contributed by atoms with Crippen LogP contribution in [0.2, 0.25) is 5.02 Å². The van der Waals surface area contributed by atoms with Crippen molar-refractivity contribution in [2.45, 2.75) is 6.54 Å². The van der Waals surface area contributed by atoms with E-state index in [0.29, 0.717) is 17.1 Å². The monoisotopic (exact) mass is 450 g/mol. The lowest BCUT2D eigenvalue weighted by atomic mass is 10.1. The fourth-order valence-electron chi connectivity index (χ4n) is 1.75. The fraction of sp³-hybridized carbons (Fsp3) is 0.214. The fourth-order valence-corrected chi connectivity index (χ4v) is 4.04. The van der Waals surface area contributed by atoms with Crippen molar-refractivity contribution >= 4 is 66.4 Å². The molecule has 2 aromatic rings. The van der Waals surface area contributed by atoms with Gasteiger partial charge in [0.15, 0.2) is 0 Å². The number of thiophene rings is 1. The van der Waals surface area contributed by atoms with E-state index >= 15 is 0 Å². The van der Waals surface area contributed by atoms with Crippen molar-refractivity contribution < 1.29 is 4.79 Å². The van der Waals surface area contributed by atoms with Crippen LogP contribution in [0.15, 0.2) is 32.5 Å². The van der Waals surface area contributed by atoms with Crippen LogP contribution in [0, 0.1) is 0 Å². The van der Waals surface area contributed by atoms with Crippen LogP contribution in [0.3, 0.4) is 0 Å². The topological polar surface area (TPSA) is 32.3 Å². The van der Waals surface area contributed by atoms with Crippen LogP contribution >= 0.6 is 54.8 Å². The number of halogens is 3. The Labute approximate surface area is 149 Å². The molecule has 1 aromatic carbocycles. The summed E-state index contributed by atoms with van der Waals surface area (Å²) in [5.74, 6) is -0.0530. The van der Waals surface area contributed by atoms with Crippen molar-refractivity contribution in [3.8, 4) is 0 Å². The quantitative estimate of drug-likeness (QED) is 0.688. The van der Waals surface area contributed by atoms with Crippen molar-refractivity contribution in [3.63, 3.8) is 0 Å². The molecule has 1 heterocycles. The SMILES string of the molecule is CN(C)C(=O)c1ccc(Cl)cc1NCc1cc(Br)c(Br)s1. The summed E-state index contributed by atoms with van der Waals surface area (Å²) in [6.07, 6.45) is 0. The number of hydrogen-bond acceptors (Lipinski definition) is 3. The first-order chi connectivity index (χ1) is 9.88. The Morgan fingerprint density at radius 3 is 2.62 bits per heavy atom. The van der Waals surface area contributed by atoms with E-state index in [1.165, 1.54) is 0 Å². The highest BCUT2D eigenvalue weighted by Crippen LogP contribution is 2.33. The summed E-state index contributed by atoms with van der Waals surface area (Å²) >= 11 is 14.6. The Balaban J connectivity index is 2.22. The van der Waals surface area contributed by atoms with Crippen molar-refractivity contribution in [1.29, 1.82) is 0 Å². The lowest BCUT2D eigenvalue weighted by Gasteiger charge is -2.15. The number of carbonyl (C=O) groups excluding carboxylic acids is 1. The van der Waals surface area contributed by atoms with Gasteiger partial charge in [0.1, 0.15) is 0 Å². The molecule has 0 saturated heterocycles. The molecular formula is C14H13Br2ClN2OS. The molecule has 21 heavy (non-hydrogen) atoms. The summed E-state index contributed by atoms with van der Waals surface area (Å²) in [5, 5.41) is 3.88. The number of nitrogens with zero attached hydrogens (tertiary/aromatic N) is 1. The molecule has 0 bridgehead atoms. The minimum absolute atomic E-state index is 0.0530. The summed E-state index contributed by atoms with van der Waals surface area (Å²) in [6, 6.07) is 7.28. The predicted octanol–water partition coefficient (Wildman–Crippen LogP) is 5.24. The highest BCUT2D eigenvalue weighted by atomic mass is 79.9. The van der Waals surface area contributed by atoms with Gasteiger partial charge in [0.25, 0.3) is 5.91 Å². The number of rotatable bonds is 4. The first-order valence-corrected chi connectivity index (χ1v) is 8.85. The summed E-state index contributed by atoms with van der Waals surface area (Å²) in [6.45, 7) is 0.628. The van der Waals surface area contributed by atoms with Crippen LogP contribution in [0.4, 0.5) is 5.69 Å². The first-order valence-electron chi connectivity index (χ1n) is 6.07. The average molecular weight is 453 g/mol. The lowest BCUT2D eigenvalue weighted by molar-refractivity contribution is 0.0828. The van der Waals surface area contributed by atoms with E-state index < -0.39 is 0 Å². The molecule has 0 atom stereocenters. The molecular weight excluding hydrogens is 439 g/mol. The van der Waals surface area contributed by atoms with Crippen LogP contribution in [-0.4, -0.2) is 24.9 Å². The zero-order valence-corrected chi connectivity index (χ0v) is 16.2. The van der Waals surface area contributed by atoms with Crippen LogP contribution in [-0.2, 0) is 6.54 Å². The van der Waals surface area contributed by atoms with E-state index in [1.807, 2.05) is 6.07 Å². The molecule has 7 heteroatoms. The largest absolute Gasteiger partial charge is 0.379 e. The van der Waals surface area contributed by atoms with Gasteiger partial charge in [-0.15, -0.1) is 11.3 Å². The van der Waals surface area contributed by atoms with Crippen LogP contribution in [0.5, 0.6) is 0 Å². The van der Waals surface area contributed by atoms with Crippen molar-refractivity contribution in [3.05, 3.63) is 48.0 Å². The maximum atomic E-state index is 12.2. The minimum Gasteiger partial charge on any atom is -0.379 e. The molecule has 0 saturated carbocycles. The number of amides is 1. The van der Waals surface area contributed by atoms with Gasteiger partial charge < -0.3 is 10.2 Å². The van der Waals surface area contributed by atoms with Gasteiger partial charge in [0.05, 0.1) is 9.35 Å². The molecule has 0 fully saturated rings. The highest BCUT2D eigenvalue weighted by molar-refractivity contribution is 9.13. The Kier molecular flexibility index (Phi) is 5.71. The van der Waals surface area contributed by atoms with Crippen LogP contribution < -0.4 is 5.32 Å². The Bertz CT molecular complexity index is 653. The molecule has 0 aliphatic carbocycles. The van der Waals surface area contributed by atoms with Crippen molar-refractivity contribution in [1.82, 2.24) is 4.90 Å². The molecule has 0 aliphatic heterocycles. The number of nitrogens with one attached hydrogen (secondary N) is 1. The zero-order valence-electron chi connectivity index (χ0n) is 11.4. The second-order valence-corrected chi connectivity index (χ2v) is 8.32. The van der Waals surface area contributed by atoms with E-state index in [-0.39, 0.29) is 5.91 Å². The third-order valence-electron chi connectivity index (χ3n) is 2.77. The molecule has 0 spiro atoms. The average Bonchev–Trinajstić information content (AvgIpc) is 2.75. The van der Waals surface area contributed by atoms with Gasteiger partial charge in [-0.05, 0) is 56.1 Å². The second kappa shape index (κ2) is 7.13. The number of anilines is 1. The maximum absolute atomic E-state index is 12.2. The summed E-state index contributed by atoms with van der Waals surface area (Å²) in [5.41, 5.74) is 1.35. The van der Waals surface area contributed by atoms with Crippen LogP contribution in [0.25, 0.3) is 0 Å². The molecule has 0 unspecified atom stereocenters. The second-order valence-electron chi connectivity index (χ2n) is 4.58. The highest BCUT2D eigenvalue weighted by Gasteiger charge is 2.14. The lowest BCUT2D eigenvalue weighted by Crippen LogP contribution is -2.22. The predicted molar refractivity (Wildman–Crippen MR) is 96.5 cm³/mol. The van der Waals surface area contributed by atoms with Gasteiger partial charge in [-0.25, -0.2) is 0 Å². The van der Waals surface area contributed by atoms with Gasteiger partial charge in [-0.2, -0.15) is 0 Å². The van der Waals surface area contributed by atoms with Gasteiger partial charge >= 0.3 is 0 Å². The van der Waals surface area contributed by atoms with Gasteiger partial charge in [-0.3, -0.25) is 4.79 Å². The maximum Gasteiger partial charge on any atom is 0.255 e. The molecule has 0 radical (unpaired) electrons. The van der Waals surface area contributed by atoms with Gasteiger partial charge in [0, 0.05) is 40.7 Å². The molecule has 1 N–H and O–H groups in total. The summed E-state index contributed by atoms with van der Waals surface area (Å²) in [7, 11) is 3.46. The minimum atomic E-state index is -0.0530. The smallest absolute Gasteiger partial charge is 0.255 e. The number of benzene rings is 1. The third-order valence-corrected chi connectivity index (χ3v) is 6.26. The summed E-state index contributed by atoms with van der Waals surface area (Å²) in [4.78, 5) is 14.9. The Morgan fingerprint density at radius 1 is 1.33 bits per heavy atom. The molecule has 112 valence electrons. The van der Waals surface area contributed by atoms with E-state index in [0.717, 1.165) is 18.8 Å². The van der Waals surface area contributed by atoms with Crippen LogP contribution in [0.1, 0.15) is 15.2 Å². The van der Waals surface area contributed by atoms with E-state index in [2.05, 4.69) is 37.2 Å². The molecule has 1 aromatic heterocycles. The molecule has 3 nitrogen and oxygen atoms in total. The van der Waals surface area contributed by atoms with E-state index in [4.69, 9.17) is 11.6 Å². The number of hydrogen-bond donors (Lipinski definition) is 1. The molecule has 2 rings (SSSR count). The Morgan fingerprint density at radius 2 is 2.05 bits per heavy atom. The summed E-state index contributed by atoms with van der Waals surface area (Å²) < 4.78 is 2.08. The van der Waals surface area contributed by atoms with Crippen molar-refractivity contribution in [2.24, 2.45) is 0 Å². The molecule has 1 amide bonds. The van der Waals surface area contributed by atoms with E-state index in [1.54, 1.807) is 48.5 Å². The van der Waals surface area contributed by atoms with Crippen molar-refractivity contribution in [2.75, 3.05) is 19.4 Å². The molecule has 0 aliphatic rings. The zero-order chi connectivity index (χ0) is 15.6. The van der Waals surface area contributed by atoms with Gasteiger partial charge in [-0.1, -0.05) is 11.6 Å². The van der Waals surface area contributed by atoms with E-state index in [9.17, 15) is 4.79 Å².